The number of rotatable bonds is 6. The van der Waals surface area contributed by atoms with Gasteiger partial charge in [-0.25, -0.2) is 0 Å². The predicted molar refractivity (Wildman–Crippen MR) is 57.6 cm³/mol. The Kier molecular flexibility index (Phi) is 5.98. The second kappa shape index (κ2) is 6.49. The van der Waals surface area contributed by atoms with Gasteiger partial charge in [-0.1, -0.05) is 19.2 Å². The second-order valence-electron chi connectivity index (χ2n) is 2.99. The summed E-state index contributed by atoms with van der Waals surface area (Å²) >= 11 is 0. The molecule has 0 saturated heterocycles. The lowest BCUT2D eigenvalue weighted by Gasteiger charge is -2.13. The first-order valence-corrected chi connectivity index (χ1v) is 4.45. The molecule has 0 aliphatic carbocycles. The maximum absolute atomic E-state index is 5.56. The molecule has 0 unspecified atom stereocenters. The monoisotopic (exact) mass is 181 g/mol. The highest BCUT2D eigenvalue weighted by Crippen LogP contribution is 2.10. The zero-order valence-electron chi connectivity index (χ0n) is 8.76. The highest BCUT2D eigenvalue weighted by molar-refractivity contribution is 5.28. The fraction of sp³-hybridized carbons (Fsp3) is 0.455. The molecule has 0 rings (SSSR count). The molecule has 0 aromatic rings. The third-order valence-electron chi connectivity index (χ3n) is 1.48. The van der Waals surface area contributed by atoms with Crippen LogP contribution in [0.5, 0.6) is 0 Å². The Balaban J connectivity index is 4.60. The molecule has 74 valence electrons. The van der Waals surface area contributed by atoms with Crippen LogP contribution in [0.4, 0.5) is 0 Å². The molecule has 13 heavy (non-hydrogen) atoms. The summed E-state index contributed by atoms with van der Waals surface area (Å²) in [5.74, 6) is 0.805. The van der Waals surface area contributed by atoms with E-state index in [0.717, 1.165) is 17.9 Å². The lowest BCUT2D eigenvalue weighted by Crippen LogP contribution is -2.13. The molecule has 1 N–H and O–H groups in total. The van der Waals surface area contributed by atoms with E-state index in [1.165, 1.54) is 0 Å². The maximum Gasteiger partial charge on any atom is 0.123 e. The second-order valence-corrected chi connectivity index (χ2v) is 2.99. The average molecular weight is 181 g/mol. The van der Waals surface area contributed by atoms with Crippen molar-refractivity contribution in [2.75, 3.05) is 13.6 Å². The van der Waals surface area contributed by atoms with Crippen molar-refractivity contribution in [2.24, 2.45) is 0 Å². The summed E-state index contributed by atoms with van der Waals surface area (Å²) in [6, 6.07) is 0. The van der Waals surface area contributed by atoms with Gasteiger partial charge >= 0.3 is 0 Å². The van der Waals surface area contributed by atoms with Crippen LogP contribution in [0.2, 0.25) is 0 Å². The van der Waals surface area contributed by atoms with E-state index in [2.05, 4.69) is 18.5 Å². The summed E-state index contributed by atoms with van der Waals surface area (Å²) < 4.78 is 5.56. The van der Waals surface area contributed by atoms with Crippen LogP contribution in [0.25, 0.3) is 0 Å². The minimum Gasteiger partial charge on any atom is -0.491 e. The van der Waals surface area contributed by atoms with Crippen molar-refractivity contribution in [3.63, 3.8) is 0 Å². The quantitative estimate of drug-likeness (QED) is 0.501. The van der Waals surface area contributed by atoms with E-state index in [0.29, 0.717) is 0 Å². The lowest BCUT2D eigenvalue weighted by atomic mass is 10.2. The Morgan fingerprint density at radius 1 is 1.38 bits per heavy atom. The molecule has 0 amide bonds. The Morgan fingerprint density at radius 3 is 2.31 bits per heavy atom. The third-order valence-corrected chi connectivity index (χ3v) is 1.48. The molecular formula is C11H19NO. The molecule has 2 nitrogen and oxygen atoms in total. The summed E-state index contributed by atoms with van der Waals surface area (Å²) in [7, 11) is 1.89. The molecule has 2 heteroatoms. The van der Waals surface area contributed by atoms with Gasteiger partial charge in [0.05, 0.1) is 6.10 Å². The van der Waals surface area contributed by atoms with Gasteiger partial charge in [0.25, 0.3) is 0 Å². The average Bonchev–Trinajstić information content (AvgIpc) is 2.10. The number of hydrogen-bond acceptors (Lipinski definition) is 2. The summed E-state index contributed by atoms with van der Waals surface area (Å²) in [6.07, 6.45) is 3.67. The van der Waals surface area contributed by atoms with E-state index in [9.17, 15) is 0 Å². The zero-order valence-corrected chi connectivity index (χ0v) is 8.76. The molecule has 0 heterocycles. The third kappa shape index (κ3) is 4.53. The Bertz CT molecular complexity index is 204. The molecule has 0 radical (unpaired) electrons. The van der Waals surface area contributed by atoms with E-state index in [1.54, 1.807) is 12.2 Å². The van der Waals surface area contributed by atoms with Crippen LogP contribution >= 0.6 is 0 Å². The van der Waals surface area contributed by atoms with Gasteiger partial charge in [-0.15, -0.1) is 0 Å². The highest BCUT2D eigenvalue weighted by atomic mass is 16.5. The van der Waals surface area contributed by atoms with Crippen molar-refractivity contribution in [1.29, 1.82) is 0 Å². The van der Waals surface area contributed by atoms with E-state index in [1.807, 2.05) is 20.9 Å². The van der Waals surface area contributed by atoms with Crippen LogP contribution in [0, 0.1) is 0 Å². The highest BCUT2D eigenvalue weighted by Gasteiger charge is 2.02. The van der Waals surface area contributed by atoms with Crippen LogP contribution < -0.4 is 5.32 Å². The minimum absolute atomic E-state index is 0.166. The minimum atomic E-state index is 0.166. The summed E-state index contributed by atoms with van der Waals surface area (Å²) in [5.41, 5.74) is 1.03. The standard InChI is InChI=1S/C11H19NO/c1-6-10(8-12-5)11(7-2)13-9(3)4/h6-7,9,12H,1-2,8H2,3-5H3/b11-10-. The number of nitrogens with one attached hydrogen (secondary N) is 1. The molecule has 0 spiro atoms. The van der Waals surface area contributed by atoms with Crippen molar-refractivity contribution in [3.05, 3.63) is 36.6 Å². The SMILES string of the molecule is C=C/C(CNC)=C(\C=C)OC(C)C. The number of ether oxygens (including phenoxy) is 1. The largest absolute Gasteiger partial charge is 0.491 e. The first-order valence-electron chi connectivity index (χ1n) is 4.45. The molecule has 0 saturated carbocycles. The van der Waals surface area contributed by atoms with Gasteiger partial charge in [0.2, 0.25) is 0 Å². The van der Waals surface area contributed by atoms with Crippen molar-refractivity contribution in [2.45, 2.75) is 20.0 Å². The van der Waals surface area contributed by atoms with Gasteiger partial charge in [0.1, 0.15) is 5.76 Å². The van der Waals surface area contributed by atoms with Crippen molar-refractivity contribution >= 4 is 0 Å². The number of hydrogen-bond donors (Lipinski definition) is 1. The molecule has 0 bridgehead atoms. The van der Waals surface area contributed by atoms with Crippen molar-refractivity contribution in [1.82, 2.24) is 5.32 Å². The maximum atomic E-state index is 5.56. The molecule has 0 aliphatic heterocycles. The van der Waals surface area contributed by atoms with E-state index < -0.39 is 0 Å². The molecule has 0 atom stereocenters. The lowest BCUT2D eigenvalue weighted by molar-refractivity contribution is 0.155. The first kappa shape index (κ1) is 12.0. The summed E-state index contributed by atoms with van der Waals surface area (Å²) in [4.78, 5) is 0. The van der Waals surface area contributed by atoms with Gasteiger partial charge in [0, 0.05) is 12.1 Å². The van der Waals surface area contributed by atoms with Gasteiger partial charge in [-0.05, 0) is 27.0 Å². The topological polar surface area (TPSA) is 21.3 Å². The van der Waals surface area contributed by atoms with Crippen molar-refractivity contribution < 1.29 is 4.74 Å². The number of allylic oxidation sites excluding steroid dienone is 1. The van der Waals surface area contributed by atoms with Crippen LogP contribution in [-0.4, -0.2) is 19.7 Å². The Labute approximate surface area is 81.0 Å². The Hall–Kier alpha value is -1.02. The number of likely N-dealkylation sites (N-methyl/N-ethyl adjacent to an activating group) is 1. The van der Waals surface area contributed by atoms with Gasteiger partial charge < -0.3 is 10.1 Å². The van der Waals surface area contributed by atoms with Gasteiger partial charge in [-0.3, -0.25) is 0 Å². The smallest absolute Gasteiger partial charge is 0.123 e. The molecule has 0 aliphatic rings. The predicted octanol–water partition coefficient (Wildman–Crippen LogP) is 2.26. The molecular weight excluding hydrogens is 162 g/mol. The molecule has 0 aromatic heterocycles. The first-order chi connectivity index (χ1) is 6.15. The van der Waals surface area contributed by atoms with E-state index in [4.69, 9.17) is 4.74 Å². The Morgan fingerprint density at radius 2 is 2.00 bits per heavy atom. The van der Waals surface area contributed by atoms with E-state index >= 15 is 0 Å². The van der Waals surface area contributed by atoms with Crippen LogP contribution in [0.3, 0.4) is 0 Å². The summed E-state index contributed by atoms with van der Waals surface area (Å²) in [5, 5.41) is 3.05. The normalized spacial score (nSPS) is 12.3. The van der Waals surface area contributed by atoms with Gasteiger partial charge in [0.15, 0.2) is 0 Å². The van der Waals surface area contributed by atoms with Gasteiger partial charge in [-0.2, -0.15) is 0 Å². The fourth-order valence-corrected chi connectivity index (χ4v) is 0.959. The molecule has 0 aromatic carbocycles. The van der Waals surface area contributed by atoms with Crippen LogP contribution in [-0.2, 0) is 4.74 Å². The van der Waals surface area contributed by atoms with E-state index in [-0.39, 0.29) is 6.10 Å². The zero-order chi connectivity index (χ0) is 10.3. The van der Waals surface area contributed by atoms with Crippen molar-refractivity contribution in [3.8, 4) is 0 Å². The molecule has 0 fully saturated rings. The fourth-order valence-electron chi connectivity index (χ4n) is 0.959. The van der Waals surface area contributed by atoms with Crippen LogP contribution in [0.15, 0.2) is 36.6 Å². The summed E-state index contributed by atoms with van der Waals surface area (Å²) in [6.45, 7) is 12.2. The van der Waals surface area contributed by atoms with Crippen LogP contribution in [0.1, 0.15) is 13.8 Å².